The molecule has 0 aliphatic heterocycles. The lowest BCUT2D eigenvalue weighted by atomic mass is 9.98. The third kappa shape index (κ3) is 3.28. The van der Waals surface area contributed by atoms with Crippen LogP contribution < -0.4 is 10.1 Å². The van der Waals surface area contributed by atoms with Gasteiger partial charge in [0.05, 0.1) is 12.1 Å². The molecule has 1 aliphatic rings. The summed E-state index contributed by atoms with van der Waals surface area (Å²) < 4.78 is 18.8. The van der Waals surface area contributed by atoms with Gasteiger partial charge < -0.3 is 15.2 Å². The molecule has 1 atom stereocenters. The predicted octanol–water partition coefficient (Wildman–Crippen LogP) is 2.01. The van der Waals surface area contributed by atoms with E-state index in [1.165, 1.54) is 12.1 Å². The first kappa shape index (κ1) is 14.8. The summed E-state index contributed by atoms with van der Waals surface area (Å²) in [5, 5.41) is 12.3. The summed E-state index contributed by atoms with van der Waals surface area (Å²) in [5.41, 5.74) is -0.538. The van der Waals surface area contributed by atoms with Crippen molar-refractivity contribution in [1.29, 1.82) is 0 Å². The number of carbonyl (C=O) groups is 1. The summed E-state index contributed by atoms with van der Waals surface area (Å²) in [6.45, 7) is 1.49. The molecule has 0 spiro atoms. The van der Waals surface area contributed by atoms with Crippen molar-refractivity contribution in [3.63, 3.8) is 0 Å². The van der Waals surface area contributed by atoms with Crippen molar-refractivity contribution in [2.75, 3.05) is 6.61 Å². The average Bonchev–Trinajstić information content (AvgIpc) is 2.90. The van der Waals surface area contributed by atoms with Gasteiger partial charge in [-0.3, -0.25) is 4.79 Å². The van der Waals surface area contributed by atoms with Crippen molar-refractivity contribution in [2.45, 2.75) is 44.2 Å². The smallest absolute Gasteiger partial charge is 0.261 e. The molecule has 2 rings (SSSR count). The van der Waals surface area contributed by atoms with Crippen LogP contribution in [0.5, 0.6) is 5.75 Å². The van der Waals surface area contributed by atoms with Crippen LogP contribution >= 0.6 is 0 Å². The maximum atomic E-state index is 13.5. The molecular formula is C15H20FNO3. The van der Waals surface area contributed by atoms with Gasteiger partial charge in [0, 0.05) is 0 Å². The largest absolute Gasteiger partial charge is 0.478 e. The second-order valence-corrected chi connectivity index (χ2v) is 5.33. The first-order valence-corrected chi connectivity index (χ1v) is 6.90. The van der Waals surface area contributed by atoms with Crippen molar-refractivity contribution in [1.82, 2.24) is 5.32 Å². The Morgan fingerprint density at radius 3 is 2.70 bits per heavy atom. The molecular weight excluding hydrogens is 261 g/mol. The molecule has 2 N–H and O–H groups in total. The van der Waals surface area contributed by atoms with Gasteiger partial charge in [-0.2, -0.15) is 0 Å². The van der Waals surface area contributed by atoms with Gasteiger partial charge in [-0.15, -0.1) is 0 Å². The SMILES string of the molecule is CC(Oc1ccccc1F)C(=O)NC1(CO)CCCC1. The summed E-state index contributed by atoms with van der Waals surface area (Å²) >= 11 is 0. The van der Waals surface area contributed by atoms with Gasteiger partial charge in [-0.05, 0) is 31.9 Å². The number of hydrogen-bond acceptors (Lipinski definition) is 3. The number of carbonyl (C=O) groups excluding carboxylic acids is 1. The van der Waals surface area contributed by atoms with Gasteiger partial charge in [-0.25, -0.2) is 4.39 Å². The van der Waals surface area contributed by atoms with E-state index in [9.17, 15) is 14.3 Å². The predicted molar refractivity (Wildman–Crippen MR) is 72.9 cm³/mol. The normalized spacial score (nSPS) is 18.6. The fraction of sp³-hybridized carbons (Fsp3) is 0.533. The number of para-hydroxylation sites is 1. The minimum Gasteiger partial charge on any atom is -0.478 e. The Morgan fingerprint density at radius 2 is 2.10 bits per heavy atom. The molecule has 4 nitrogen and oxygen atoms in total. The zero-order chi connectivity index (χ0) is 14.6. The summed E-state index contributed by atoms with van der Waals surface area (Å²) in [6, 6.07) is 5.98. The van der Waals surface area contributed by atoms with Gasteiger partial charge >= 0.3 is 0 Å². The lowest BCUT2D eigenvalue weighted by Gasteiger charge is -2.29. The van der Waals surface area contributed by atoms with Crippen LogP contribution in [-0.4, -0.2) is 29.3 Å². The Bertz CT molecular complexity index is 472. The molecule has 1 aromatic rings. The number of rotatable bonds is 5. The van der Waals surface area contributed by atoms with Crippen molar-refractivity contribution in [3.8, 4) is 5.75 Å². The molecule has 5 heteroatoms. The van der Waals surface area contributed by atoms with Crippen molar-refractivity contribution in [3.05, 3.63) is 30.1 Å². The quantitative estimate of drug-likeness (QED) is 0.868. The molecule has 1 fully saturated rings. The van der Waals surface area contributed by atoms with Crippen LogP contribution in [0.1, 0.15) is 32.6 Å². The summed E-state index contributed by atoms with van der Waals surface area (Å²) in [4.78, 5) is 12.1. The van der Waals surface area contributed by atoms with Gasteiger partial charge in [0.1, 0.15) is 0 Å². The van der Waals surface area contributed by atoms with E-state index in [0.29, 0.717) is 0 Å². The number of ether oxygens (including phenoxy) is 1. The van der Waals surface area contributed by atoms with Crippen molar-refractivity contribution < 1.29 is 19.0 Å². The molecule has 0 aromatic heterocycles. The molecule has 20 heavy (non-hydrogen) atoms. The highest BCUT2D eigenvalue weighted by molar-refractivity contribution is 5.81. The second-order valence-electron chi connectivity index (χ2n) is 5.33. The van der Waals surface area contributed by atoms with E-state index in [4.69, 9.17) is 4.74 Å². The number of nitrogens with one attached hydrogen (secondary N) is 1. The maximum absolute atomic E-state index is 13.5. The Balaban J connectivity index is 1.97. The number of aliphatic hydroxyl groups excluding tert-OH is 1. The van der Waals surface area contributed by atoms with E-state index in [0.717, 1.165) is 25.7 Å². The molecule has 1 unspecified atom stereocenters. The number of benzene rings is 1. The summed E-state index contributed by atoms with van der Waals surface area (Å²) in [7, 11) is 0. The number of halogens is 1. The first-order valence-electron chi connectivity index (χ1n) is 6.90. The van der Waals surface area contributed by atoms with Crippen LogP contribution in [0.4, 0.5) is 4.39 Å². The first-order chi connectivity index (χ1) is 9.56. The third-order valence-electron chi connectivity index (χ3n) is 3.76. The van der Waals surface area contributed by atoms with Gasteiger partial charge in [-0.1, -0.05) is 25.0 Å². The zero-order valence-corrected chi connectivity index (χ0v) is 11.6. The highest BCUT2D eigenvalue weighted by atomic mass is 19.1. The fourth-order valence-corrected chi connectivity index (χ4v) is 2.52. The topological polar surface area (TPSA) is 58.6 Å². The fourth-order valence-electron chi connectivity index (χ4n) is 2.52. The molecule has 0 bridgehead atoms. The molecule has 1 aromatic carbocycles. The lowest BCUT2D eigenvalue weighted by molar-refractivity contribution is -0.129. The van der Waals surface area contributed by atoms with Gasteiger partial charge in [0.25, 0.3) is 5.91 Å². The Labute approximate surface area is 117 Å². The summed E-state index contributed by atoms with van der Waals surface area (Å²) in [5.74, 6) is -0.770. The molecule has 1 aliphatic carbocycles. The van der Waals surface area contributed by atoms with Crippen LogP contribution in [0.25, 0.3) is 0 Å². The number of amides is 1. The van der Waals surface area contributed by atoms with E-state index in [-0.39, 0.29) is 18.3 Å². The van der Waals surface area contributed by atoms with E-state index in [1.807, 2.05) is 0 Å². The molecule has 0 radical (unpaired) electrons. The maximum Gasteiger partial charge on any atom is 0.261 e. The Kier molecular flexibility index (Phi) is 4.60. The van der Waals surface area contributed by atoms with E-state index >= 15 is 0 Å². The second kappa shape index (κ2) is 6.22. The molecule has 110 valence electrons. The molecule has 1 saturated carbocycles. The van der Waals surface area contributed by atoms with Crippen LogP contribution in [-0.2, 0) is 4.79 Å². The lowest BCUT2D eigenvalue weighted by Crippen LogP contribution is -2.53. The minimum atomic E-state index is -0.809. The molecule has 0 saturated heterocycles. The van der Waals surface area contributed by atoms with Crippen molar-refractivity contribution in [2.24, 2.45) is 0 Å². The molecule has 0 heterocycles. The third-order valence-corrected chi connectivity index (χ3v) is 3.76. The van der Waals surface area contributed by atoms with E-state index in [2.05, 4.69) is 5.32 Å². The van der Waals surface area contributed by atoms with Crippen LogP contribution in [0.3, 0.4) is 0 Å². The van der Waals surface area contributed by atoms with E-state index in [1.54, 1.807) is 19.1 Å². The van der Waals surface area contributed by atoms with Crippen LogP contribution in [0.2, 0.25) is 0 Å². The highest BCUT2D eigenvalue weighted by Crippen LogP contribution is 2.29. The van der Waals surface area contributed by atoms with Crippen LogP contribution in [0.15, 0.2) is 24.3 Å². The zero-order valence-electron chi connectivity index (χ0n) is 11.6. The van der Waals surface area contributed by atoms with Crippen molar-refractivity contribution >= 4 is 5.91 Å². The van der Waals surface area contributed by atoms with Gasteiger partial charge in [0.2, 0.25) is 0 Å². The minimum absolute atomic E-state index is 0.0552. The monoisotopic (exact) mass is 281 g/mol. The Hall–Kier alpha value is -1.62. The van der Waals surface area contributed by atoms with Gasteiger partial charge in [0.15, 0.2) is 17.7 Å². The number of hydrogen-bond donors (Lipinski definition) is 2. The average molecular weight is 281 g/mol. The van der Waals surface area contributed by atoms with Crippen LogP contribution in [0, 0.1) is 5.82 Å². The highest BCUT2D eigenvalue weighted by Gasteiger charge is 2.36. The Morgan fingerprint density at radius 1 is 1.45 bits per heavy atom. The molecule has 1 amide bonds. The standard InChI is InChI=1S/C15H20FNO3/c1-11(20-13-7-3-2-6-12(13)16)14(19)17-15(10-18)8-4-5-9-15/h2-3,6-7,11,18H,4-5,8-10H2,1H3,(H,17,19). The number of aliphatic hydroxyl groups is 1. The van der Waals surface area contributed by atoms with E-state index < -0.39 is 17.5 Å². The summed E-state index contributed by atoms with van der Waals surface area (Å²) in [6.07, 6.45) is 2.70.